The van der Waals surface area contributed by atoms with Crippen LogP contribution < -0.4 is 10.2 Å². The van der Waals surface area contributed by atoms with Crippen LogP contribution in [0.3, 0.4) is 0 Å². The van der Waals surface area contributed by atoms with Gasteiger partial charge in [0.25, 0.3) is 0 Å². The van der Waals surface area contributed by atoms with Crippen LogP contribution in [0.5, 0.6) is 0 Å². The first-order valence-corrected chi connectivity index (χ1v) is 8.29. The molecule has 1 aliphatic rings. The van der Waals surface area contributed by atoms with Crippen LogP contribution in [-0.2, 0) is 0 Å². The van der Waals surface area contributed by atoms with E-state index in [9.17, 15) is 4.79 Å². The van der Waals surface area contributed by atoms with Crippen LogP contribution in [0.15, 0.2) is 34.9 Å². The number of rotatable bonds is 3. The van der Waals surface area contributed by atoms with Gasteiger partial charge in [0, 0.05) is 32.4 Å². The Balaban J connectivity index is 1.54. The Hall–Kier alpha value is -3.01. The summed E-state index contributed by atoms with van der Waals surface area (Å²) in [5.41, 5.74) is 0.590. The normalized spacial score (nSPS) is 15.6. The van der Waals surface area contributed by atoms with Gasteiger partial charge in [-0.05, 0) is 38.1 Å². The van der Waals surface area contributed by atoms with E-state index >= 15 is 0 Å². The standard InChI is InChI=1S/C18H21N5O2/c1-13-3-4-16(25-13)14(2)21-18(24)23-9-7-22(8-10-23)17-11-15(12-19)5-6-20-17/h3-6,11,14H,7-10H2,1-2H3,(H,21,24)/t14-/m0/s1. The topological polar surface area (TPSA) is 85.4 Å². The molecule has 1 atom stereocenters. The van der Waals surface area contributed by atoms with Gasteiger partial charge in [-0.15, -0.1) is 0 Å². The molecule has 0 unspecified atom stereocenters. The maximum Gasteiger partial charge on any atom is 0.318 e. The molecule has 0 spiro atoms. The van der Waals surface area contributed by atoms with Crippen molar-refractivity contribution in [3.63, 3.8) is 0 Å². The summed E-state index contributed by atoms with van der Waals surface area (Å²) < 4.78 is 5.55. The lowest BCUT2D eigenvalue weighted by atomic mass is 10.2. The number of nitrogens with zero attached hydrogens (tertiary/aromatic N) is 4. The predicted octanol–water partition coefficient (Wildman–Crippen LogP) is 2.45. The Kier molecular flexibility index (Phi) is 4.89. The van der Waals surface area contributed by atoms with Crippen LogP contribution in [0.1, 0.15) is 30.0 Å². The van der Waals surface area contributed by atoms with Crippen molar-refractivity contribution in [2.45, 2.75) is 19.9 Å². The molecular weight excluding hydrogens is 318 g/mol. The first-order chi connectivity index (χ1) is 12.1. The number of piperazine rings is 1. The van der Waals surface area contributed by atoms with Crippen molar-refractivity contribution in [3.8, 4) is 6.07 Å². The van der Waals surface area contributed by atoms with E-state index in [0.29, 0.717) is 31.7 Å². The molecule has 7 heteroatoms. The summed E-state index contributed by atoms with van der Waals surface area (Å²) in [6.07, 6.45) is 1.64. The zero-order chi connectivity index (χ0) is 17.8. The Morgan fingerprint density at radius 1 is 1.32 bits per heavy atom. The number of aromatic nitrogens is 1. The minimum absolute atomic E-state index is 0.0973. The van der Waals surface area contributed by atoms with Gasteiger partial charge in [0.05, 0.1) is 17.7 Å². The second kappa shape index (κ2) is 7.26. The van der Waals surface area contributed by atoms with Crippen LogP contribution in [-0.4, -0.2) is 42.1 Å². The van der Waals surface area contributed by atoms with E-state index in [4.69, 9.17) is 9.68 Å². The average Bonchev–Trinajstić information content (AvgIpc) is 3.08. The number of hydrogen-bond donors (Lipinski definition) is 1. The van der Waals surface area contributed by atoms with Crippen molar-refractivity contribution < 1.29 is 9.21 Å². The van der Waals surface area contributed by atoms with E-state index in [1.54, 1.807) is 23.2 Å². The minimum atomic E-state index is -0.173. The zero-order valence-corrected chi connectivity index (χ0v) is 14.4. The first kappa shape index (κ1) is 16.8. The van der Waals surface area contributed by atoms with E-state index in [0.717, 1.165) is 17.3 Å². The van der Waals surface area contributed by atoms with Crippen molar-refractivity contribution in [1.29, 1.82) is 5.26 Å². The van der Waals surface area contributed by atoms with Gasteiger partial charge in [-0.2, -0.15) is 5.26 Å². The molecule has 2 aromatic heterocycles. The highest BCUT2D eigenvalue weighted by atomic mass is 16.3. The molecule has 2 aromatic rings. The summed E-state index contributed by atoms with van der Waals surface area (Å²) in [6, 6.07) is 9.08. The summed E-state index contributed by atoms with van der Waals surface area (Å²) in [5.74, 6) is 2.36. The number of urea groups is 1. The molecule has 0 bridgehead atoms. The number of furan rings is 1. The number of anilines is 1. The van der Waals surface area contributed by atoms with Crippen molar-refractivity contribution in [3.05, 3.63) is 47.5 Å². The number of nitriles is 1. The molecule has 0 saturated carbocycles. The fraction of sp³-hybridized carbons (Fsp3) is 0.389. The number of amides is 2. The largest absolute Gasteiger partial charge is 0.464 e. The third-order valence-electron chi connectivity index (χ3n) is 4.29. The summed E-state index contributed by atoms with van der Waals surface area (Å²) >= 11 is 0. The number of aryl methyl sites for hydroxylation is 1. The molecule has 1 saturated heterocycles. The molecule has 1 aliphatic heterocycles. The molecule has 0 radical (unpaired) electrons. The molecule has 3 rings (SSSR count). The molecule has 25 heavy (non-hydrogen) atoms. The van der Waals surface area contributed by atoms with Crippen molar-refractivity contribution >= 4 is 11.8 Å². The van der Waals surface area contributed by atoms with Gasteiger partial charge in [0.1, 0.15) is 17.3 Å². The predicted molar refractivity (Wildman–Crippen MR) is 93.1 cm³/mol. The highest BCUT2D eigenvalue weighted by Gasteiger charge is 2.23. The van der Waals surface area contributed by atoms with Crippen LogP contribution in [0.25, 0.3) is 0 Å². The summed E-state index contributed by atoms with van der Waals surface area (Å²) in [4.78, 5) is 20.6. The quantitative estimate of drug-likeness (QED) is 0.928. The molecule has 1 fully saturated rings. The van der Waals surface area contributed by atoms with Crippen molar-refractivity contribution in [1.82, 2.24) is 15.2 Å². The summed E-state index contributed by atoms with van der Waals surface area (Å²) in [6.45, 7) is 6.37. The number of carbonyl (C=O) groups excluding carboxylic acids is 1. The SMILES string of the molecule is Cc1ccc([C@H](C)NC(=O)N2CCN(c3cc(C#N)ccn3)CC2)o1. The maximum absolute atomic E-state index is 12.4. The van der Waals surface area contributed by atoms with E-state index < -0.39 is 0 Å². The smallest absolute Gasteiger partial charge is 0.318 e. The average molecular weight is 339 g/mol. The molecule has 0 aromatic carbocycles. The van der Waals surface area contributed by atoms with E-state index in [2.05, 4.69) is 21.3 Å². The monoisotopic (exact) mass is 339 g/mol. The van der Waals surface area contributed by atoms with Crippen LogP contribution in [0.2, 0.25) is 0 Å². The number of pyridine rings is 1. The second-order valence-electron chi connectivity index (χ2n) is 6.11. The minimum Gasteiger partial charge on any atom is -0.464 e. The maximum atomic E-state index is 12.4. The van der Waals surface area contributed by atoms with Gasteiger partial charge in [0.2, 0.25) is 0 Å². The molecule has 1 N–H and O–H groups in total. The zero-order valence-electron chi connectivity index (χ0n) is 14.4. The van der Waals surface area contributed by atoms with Gasteiger partial charge in [-0.1, -0.05) is 0 Å². The molecular formula is C18H21N5O2. The molecule has 3 heterocycles. The third kappa shape index (κ3) is 3.91. The lowest BCUT2D eigenvalue weighted by Crippen LogP contribution is -2.52. The number of hydrogen-bond acceptors (Lipinski definition) is 5. The van der Waals surface area contributed by atoms with Gasteiger partial charge in [-0.25, -0.2) is 9.78 Å². The number of carbonyl (C=O) groups is 1. The van der Waals surface area contributed by atoms with Gasteiger partial charge in [0.15, 0.2) is 0 Å². The number of nitrogens with one attached hydrogen (secondary N) is 1. The van der Waals surface area contributed by atoms with Crippen LogP contribution >= 0.6 is 0 Å². The second-order valence-corrected chi connectivity index (χ2v) is 6.11. The van der Waals surface area contributed by atoms with E-state index in [1.807, 2.05) is 26.0 Å². The lowest BCUT2D eigenvalue weighted by Gasteiger charge is -2.35. The van der Waals surface area contributed by atoms with Gasteiger partial charge >= 0.3 is 6.03 Å². The summed E-state index contributed by atoms with van der Waals surface area (Å²) in [7, 11) is 0. The Bertz CT molecular complexity index is 787. The molecule has 130 valence electrons. The Labute approximate surface area is 146 Å². The van der Waals surface area contributed by atoms with Gasteiger partial charge < -0.3 is 19.5 Å². The van der Waals surface area contributed by atoms with Crippen molar-refractivity contribution in [2.24, 2.45) is 0 Å². The Morgan fingerprint density at radius 3 is 2.72 bits per heavy atom. The van der Waals surface area contributed by atoms with Crippen LogP contribution in [0, 0.1) is 18.3 Å². The molecule has 7 nitrogen and oxygen atoms in total. The van der Waals surface area contributed by atoms with E-state index in [-0.39, 0.29) is 12.1 Å². The summed E-state index contributed by atoms with van der Waals surface area (Å²) in [5, 5.41) is 12.0. The van der Waals surface area contributed by atoms with Crippen LogP contribution in [0.4, 0.5) is 10.6 Å². The fourth-order valence-corrected chi connectivity index (χ4v) is 2.83. The molecule has 2 amide bonds. The third-order valence-corrected chi connectivity index (χ3v) is 4.29. The first-order valence-electron chi connectivity index (χ1n) is 8.29. The lowest BCUT2D eigenvalue weighted by molar-refractivity contribution is 0.189. The fourth-order valence-electron chi connectivity index (χ4n) is 2.83. The van der Waals surface area contributed by atoms with Gasteiger partial charge in [-0.3, -0.25) is 0 Å². The molecule has 0 aliphatic carbocycles. The van der Waals surface area contributed by atoms with E-state index in [1.165, 1.54) is 0 Å². The van der Waals surface area contributed by atoms with Crippen molar-refractivity contribution in [2.75, 3.05) is 31.1 Å². The Morgan fingerprint density at radius 2 is 2.08 bits per heavy atom. The highest BCUT2D eigenvalue weighted by molar-refractivity contribution is 5.75. The highest BCUT2D eigenvalue weighted by Crippen LogP contribution is 2.17.